The summed E-state index contributed by atoms with van der Waals surface area (Å²) in [5, 5.41) is 5.16. The van der Waals surface area contributed by atoms with Gasteiger partial charge in [-0.3, -0.25) is 62.4 Å². The maximum absolute atomic E-state index is 15.5. The number of hydrogen-bond acceptors (Lipinski definition) is 15. The van der Waals surface area contributed by atoms with E-state index in [-0.39, 0.29) is 95.0 Å². The standard InChI is InChI=1S/C76H112ClF3N12O13/c1-13-50(5)65(83-67(98)60(41-48(2)3)87(10)63(96)43-61(69(100)90-37-39-105-40-38-90)88(11)72(103)66(54-21-14-15-22-54)89(12)73(104)74(81)33-17-18-34-74)71(102)84(7)46-64(97)86(9)59-23-16-19-36-92(70(59)101)75(47-93,44-53-27-25-49(4)26-28-53)85(8)45-62(95)82-57(68(99)91-35-20-24-58(91)51(6)94)32-30-52-29-31-55(56(77)42-52)76(78,79)80/h25-29,31,42,47-48,50,54,57-61,65-66H,13-24,30,32-41,43-46,81H2,1-12H3,(H,82,95)(H,83,98)/t50-,57-,58-,59-,60-,61-,65-,66-,75?/m0/s1. The zero-order valence-corrected chi connectivity index (χ0v) is 64.2. The van der Waals surface area contributed by atoms with Gasteiger partial charge in [0.25, 0.3) is 0 Å². The number of likely N-dealkylation sites (N-methyl/N-ethyl adjacent to an activating group) is 6. The van der Waals surface area contributed by atoms with Crippen LogP contribution in [-0.4, -0.2) is 264 Å². The van der Waals surface area contributed by atoms with E-state index in [1.807, 2.05) is 39.8 Å². The van der Waals surface area contributed by atoms with Crippen molar-refractivity contribution < 1.29 is 75.4 Å². The fourth-order valence-electron chi connectivity index (χ4n) is 15.7. The molecule has 25 nitrogen and oxygen atoms in total. The molecule has 105 heavy (non-hydrogen) atoms. The van der Waals surface area contributed by atoms with E-state index in [1.165, 1.54) is 82.5 Å². The van der Waals surface area contributed by atoms with E-state index < -0.39 is 149 Å². The average Bonchev–Trinajstić information content (AvgIpc) is 1.76. The Bertz CT molecular complexity index is 3440. The number of carbonyl (C=O) groups excluding carboxylic acids is 12. The lowest BCUT2D eigenvalue weighted by molar-refractivity contribution is -0.160. The second-order valence-electron chi connectivity index (χ2n) is 30.4. The Labute approximate surface area is 621 Å². The molecule has 7 rings (SSSR count). The van der Waals surface area contributed by atoms with Gasteiger partial charge < -0.3 is 60.3 Å². The van der Waals surface area contributed by atoms with E-state index in [0.29, 0.717) is 75.2 Å². The monoisotopic (exact) mass is 1490 g/mol. The summed E-state index contributed by atoms with van der Waals surface area (Å²) in [6, 6.07) is 2.43. The maximum atomic E-state index is 15.5. The highest BCUT2D eigenvalue weighted by Crippen LogP contribution is 2.38. The van der Waals surface area contributed by atoms with Crippen LogP contribution < -0.4 is 16.4 Å². The van der Waals surface area contributed by atoms with Gasteiger partial charge in [-0.05, 0) is 139 Å². The van der Waals surface area contributed by atoms with Crippen LogP contribution in [0.4, 0.5) is 13.2 Å². The molecule has 9 atom stereocenters. The Hall–Kier alpha value is -7.56. The van der Waals surface area contributed by atoms with Crippen LogP contribution >= 0.6 is 11.6 Å². The van der Waals surface area contributed by atoms with Crippen LogP contribution in [0.1, 0.15) is 166 Å². The van der Waals surface area contributed by atoms with Gasteiger partial charge in [-0.15, -0.1) is 0 Å². The van der Waals surface area contributed by atoms with Crippen LogP contribution in [0.5, 0.6) is 0 Å². The number of benzene rings is 2. The number of Topliss-reactive ketones (excluding diaryl/α,β-unsaturated/α-hetero) is 1. The summed E-state index contributed by atoms with van der Waals surface area (Å²) in [5.41, 5.74) is 4.47. The molecule has 3 heterocycles. The minimum Gasteiger partial charge on any atom is -0.378 e. The summed E-state index contributed by atoms with van der Waals surface area (Å²) in [4.78, 5) is 187. The number of rotatable bonds is 32. The molecule has 5 fully saturated rings. The number of aldehydes is 1. The molecule has 29 heteroatoms. The number of amides is 10. The van der Waals surface area contributed by atoms with Crippen molar-refractivity contribution in [2.24, 2.45) is 23.5 Å². The zero-order valence-electron chi connectivity index (χ0n) is 63.4. The van der Waals surface area contributed by atoms with Crippen LogP contribution in [0.3, 0.4) is 0 Å². The van der Waals surface area contributed by atoms with Crippen molar-refractivity contribution in [3.63, 3.8) is 0 Å². The van der Waals surface area contributed by atoms with Gasteiger partial charge in [-0.2, -0.15) is 13.2 Å². The molecule has 1 unspecified atom stereocenters. The molecule has 5 aliphatic rings. The number of nitrogens with zero attached hydrogens (tertiary/aromatic N) is 9. The van der Waals surface area contributed by atoms with Gasteiger partial charge in [0.15, 0.2) is 17.7 Å². The number of likely N-dealkylation sites (tertiary alicyclic amines) is 2. The van der Waals surface area contributed by atoms with Crippen molar-refractivity contribution in [2.75, 3.05) is 94.8 Å². The lowest BCUT2D eigenvalue weighted by Crippen LogP contribution is -2.67. The first-order chi connectivity index (χ1) is 49.5. The summed E-state index contributed by atoms with van der Waals surface area (Å²) in [6.45, 7) is 10.5. The smallest absolute Gasteiger partial charge is 0.378 e. The molecule has 2 saturated carbocycles. The Kier molecular flexibility index (Phi) is 30.1. The SMILES string of the molecule is CC[C@H](C)[C@H](NC(=O)[C@H](CC(C)C)N(C)C(=O)C[C@@H](C(=O)N1CCOCC1)N(C)C(=O)[C@H](C1CCCC1)N(C)C(=O)C1(N)CCCC1)C(=O)N(C)CC(=O)N(C)[C@H]1CCCCN(C(C=O)(Cc2ccc(C)cc2)N(C)CC(=O)N[C@@H](CCc2ccc(C(F)(F)F)c(Cl)c2)C(=O)N2CCC[C@H]2C(C)=O)C1=O. The normalized spacial score (nSPS) is 20.2. The molecule has 0 bridgehead atoms. The molecule has 3 saturated heterocycles. The van der Waals surface area contributed by atoms with Crippen molar-refractivity contribution >= 4 is 82.7 Å². The van der Waals surface area contributed by atoms with Gasteiger partial charge in [0.1, 0.15) is 36.3 Å². The van der Waals surface area contributed by atoms with Crippen LogP contribution in [0.25, 0.3) is 0 Å². The van der Waals surface area contributed by atoms with Crippen molar-refractivity contribution in [3.05, 3.63) is 69.7 Å². The third-order valence-electron chi connectivity index (χ3n) is 22.4. The third kappa shape index (κ3) is 20.8. The van der Waals surface area contributed by atoms with Crippen molar-refractivity contribution in [2.45, 2.75) is 223 Å². The van der Waals surface area contributed by atoms with Crippen molar-refractivity contribution in [3.8, 4) is 0 Å². The quantitative estimate of drug-likeness (QED) is 0.0730. The Morgan fingerprint density at radius 2 is 1.37 bits per heavy atom. The lowest BCUT2D eigenvalue weighted by atomic mass is 9.91. The van der Waals surface area contributed by atoms with E-state index >= 15 is 9.59 Å². The second-order valence-corrected chi connectivity index (χ2v) is 30.8. The number of alkyl halides is 3. The molecule has 0 radical (unpaired) electrons. The number of carbonyl (C=O) groups is 12. The van der Waals surface area contributed by atoms with Crippen molar-refractivity contribution in [1.29, 1.82) is 0 Å². The molecular weight excluding hydrogens is 1380 g/mol. The minimum atomic E-state index is -4.72. The molecule has 2 aliphatic carbocycles. The van der Waals surface area contributed by atoms with Gasteiger partial charge in [0.2, 0.25) is 59.1 Å². The fourth-order valence-corrected chi connectivity index (χ4v) is 16.0. The van der Waals surface area contributed by atoms with Crippen molar-refractivity contribution in [1.82, 2.24) is 54.7 Å². The molecule has 3 aliphatic heterocycles. The molecule has 0 spiro atoms. The summed E-state index contributed by atoms with van der Waals surface area (Å²) in [5.74, 6) is -7.16. The Balaban J connectivity index is 1.09. The summed E-state index contributed by atoms with van der Waals surface area (Å²) in [6.07, 6.45) is 2.94. The highest BCUT2D eigenvalue weighted by molar-refractivity contribution is 6.31. The van der Waals surface area contributed by atoms with Gasteiger partial charge in [0, 0.05) is 67.8 Å². The van der Waals surface area contributed by atoms with E-state index in [0.717, 1.165) is 48.3 Å². The number of halogens is 4. The summed E-state index contributed by atoms with van der Waals surface area (Å²) >= 11 is 6.07. The number of ether oxygens (including phenoxy) is 1. The van der Waals surface area contributed by atoms with Crippen LogP contribution in [-0.2, 0) is 81.3 Å². The van der Waals surface area contributed by atoms with E-state index in [4.69, 9.17) is 22.1 Å². The molecule has 2 aromatic carbocycles. The van der Waals surface area contributed by atoms with Crippen LogP contribution in [0.15, 0.2) is 42.5 Å². The number of morpholine rings is 1. The second kappa shape index (κ2) is 37.3. The van der Waals surface area contributed by atoms with E-state index in [1.54, 1.807) is 31.0 Å². The van der Waals surface area contributed by atoms with Crippen LogP contribution in [0.2, 0.25) is 5.02 Å². The van der Waals surface area contributed by atoms with Gasteiger partial charge in [-0.1, -0.05) is 107 Å². The first-order valence-corrected chi connectivity index (χ1v) is 37.6. The van der Waals surface area contributed by atoms with E-state index in [9.17, 15) is 61.1 Å². The predicted molar refractivity (Wildman–Crippen MR) is 388 cm³/mol. The number of nitrogens with two attached hydrogens (primary N) is 1. The van der Waals surface area contributed by atoms with Crippen LogP contribution in [0, 0.1) is 24.7 Å². The number of hydrogen-bond donors (Lipinski definition) is 3. The number of ketones is 1. The van der Waals surface area contributed by atoms with Gasteiger partial charge in [0.05, 0.1) is 54.9 Å². The first-order valence-electron chi connectivity index (χ1n) is 37.3. The lowest BCUT2D eigenvalue weighted by Gasteiger charge is -2.47. The first kappa shape index (κ1) is 84.7. The minimum absolute atomic E-state index is 0.00113. The van der Waals surface area contributed by atoms with Gasteiger partial charge in [-0.25, -0.2) is 0 Å². The molecule has 0 aromatic heterocycles. The maximum Gasteiger partial charge on any atom is 0.417 e. The Morgan fingerprint density at radius 3 is 1.96 bits per heavy atom. The summed E-state index contributed by atoms with van der Waals surface area (Å²) in [7, 11) is 8.80. The third-order valence-corrected chi connectivity index (χ3v) is 22.7. The molecule has 4 N–H and O–H groups in total. The average molecular weight is 1490 g/mol. The number of nitrogens with one attached hydrogen (secondary N) is 2. The van der Waals surface area contributed by atoms with Gasteiger partial charge >= 0.3 is 6.18 Å². The Morgan fingerprint density at radius 1 is 0.743 bits per heavy atom. The predicted octanol–water partition coefficient (Wildman–Crippen LogP) is 5.80. The molecule has 2 aromatic rings. The molecular formula is C76H112ClF3N12O13. The zero-order chi connectivity index (χ0) is 77.6. The fraction of sp³-hybridized carbons (Fsp3) is 0.684. The topological polar surface area (TPSA) is 293 Å². The highest BCUT2D eigenvalue weighted by atomic mass is 35.5. The van der Waals surface area contributed by atoms with E-state index in [2.05, 4.69) is 10.6 Å². The number of aryl methyl sites for hydroxylation is 2. The highest BCUT2D eigenvalue weighted by Gasteiger charge is 2.51. The molecule has 582 valence electrons. The molecule has 10 amide bonds. The largest absolute Gasteiger partial charge is 0.417 e. The summed E-state index contributed by atoms with van der Waals surface area (Å²) < 4.78 is 46.6.